The van der Waals surface area contributed by atoms with Crippen LogP contribution < -0.4 is 0 Å². The highest BCUT2D eigenvalue weighted by molar-refractivity contribution is 5.86. The van der Waals surface area contributed by atoms with Crippen LogP contribution in [0.3, 0.4) is 0 Å². The van der Waals surface area contributed by atoms with Gasteiger partial charge in [-0.05, 0) is 19.8 Å². The number of likely N-dealkylation sites (N-methyl/N-ethyl adjacent to an activating group) is 1. The number of rotatable bonds is 4. The molecule has 1 unspecified atom stereocenters. The molecule has 7 nitrogen and oxygen atoms in total. The SMILES string of the molecule is CCOC(=O)C1CCCN1C(=O)N(C)CC(=O)O. The second kappa shape index (κ2) is 6.23. The number of ether oxygens (including phenoxy) is 1. The van der Waals surface area contributed by atoms with E-state index in [9.17, 15) is 14.4 Å². The number of hydrogen-bond donors (Lipinski definition) is 1. The Hall–Kier alpha value is -1.79. The van der Waals surface area contributed by atoms with Crippen molar-refractivity contribution in [3.05, 3.63) is 0 Å². The summed E-state index contributed by atoms with van der Waals surface area (Å²) in [7, 11) is 1.40. The highest BCUT2D eigenvalue weighted by atomic mass is 16.5. The average molecular weight is 258 g/mol. The minimum atomic E-state index is -1.09. The van der Waals surface area contributed by atoms with Crippen molar-refractivity contribution in [3.63, 3.8) is 0 Å². The molecule has 0 radical (unpaired) electrons. The highest BCUT2D eigenvalue weighted by Gasteiger charge is 2.36. The number of likely N-dealkylation sites (tertiary alicyclic amines) is 1. The van der Waals surface area contributed by atoms with E-state index in [0.29, 0.717) is 13.0 Å². The van der Waals surface area contributed by atoms with E-state index in [1.165, 1.54) is 11.9 Å². The summed E-state index contributed by atoms with van der Waals surface area (Å²) in [6, 6.07) is -1.04. The zero-order valence-corrected chi connectivity index (χ0v) is 10.6. The van der Waals surface area contributed by atoms with Gasteiger partial charge in [0, 0.05) is 13.6 Å². The molecule has 0 spiro atoms. The van der Waals surface area contributed by atoms with Gasteiger partial charge in [-0.2, -0.15) is 0 Å². The Morgan fingerprint density at radius 2 is 2.11 bits per heavy atom. The number of esters is 1. The predicted octanol–water partition coefficient (Wildman–Crippen LogP) is 0.150. The maximum atomic E-state index is 12.0. The number of carbonyl (C=O) groups excluding carboxylic acids is 2. The van der Waals surface area contributed by atoms with Gasteiger partial charge in [-0.3, -0.25) is 4.79 Å². The van der Waals surface area contributed by atoms with E-state index >= 15 is 0 Å². The van der Waals surface area contributed by atoms with E-state index in [1.54, 1.807) is 6.92 Å². The number of urea groups is 1. The van der Waals surface area contributed by atoms with Gasteiger partial charge in [0.1, 0.15) is 12.6 Å². The van der Waals surface area contributed by atoms with Crippen LogP contribution in [0.1, 0.15) is 19.8 Å². The lowest BCUT2D eigenvalue weighted by Crippen LogP contribution is -2.48. The summed E-state index contributed by atoms with van der Waals surface area (Å²) in [6.45, 7) is 2.04. The summed E-state index contributed by atoms with van der Waals surface area (Å²) >= 11 is 0. The lowest BCUT2D eigenvalue weighted by Gasteiger charge is -2.27. The minimum absolute atomic E-state index is 0.266. The van der Waals surface area contributed by atoms with Crippen LogP contribution in [0.4, 0.5) is 4.79 Å². The Balaban J connectivity index is 2.66. The van der Waals surface area contributed by atoms with Gasteiger partial charge in [0.25, 0.3) is 0 Å². The monoisotopic (exact) mass is 258 g/mol. The molecule has 0 saturated carbocycles. The van der Waals surface area contributed by atoms with Gasteiger partial charge in [0.15, 0.2) is 0 Å². The zero-order chi connectivity index (χ0) is 13.7. The number of carboxylic acid groups (broad SMARTS) is 1. The van der Waals surface area contributed by atoms with Gasteiger partial charge >= 0.3 is 18.0 Å². The van der Waals surface area contributed by atoms with Crippen LogP contribution in [0.2, 0.25) is 0 Å². The lowest BCUT2D eigenvalue weighted by molar-refractivity contribution is -0.147. The number of amides is 2. The first kappa shape index (κ1) is 14.3. The van der Waals surface area contributed by atoms with Crippen molar-refractivity contribution >= 4 is 18.0 Å². The predicted molar refractivity (Wildman–Crippen MR) is 62.0 cm³/mol. The molecule has 1 heterocycles. The number of nitrogens with zero attached hydrogens (tertiary/aromatic N) is 2. The number of hydrogen-bond acceptors (Lipinski definition) is 4. The molecule has 0 aromatic rings. The minimum Gasteiger partial charge on any atom is -0.480 e. The molecule has 1 aliphatic heterocycles. The third-order valence-electron chi connectivity index (χ3n) is 2.76. The van der Waals surface area contributed by atoms with Crippen LogP contribution in [-0.2, 0) is 14.3 Å². The second-order valence-electron chi connectivity index (χ2n) is 4.14. The van der Waals surface area contributed by atoms with Gasteiger partial charge in [0.2, 0.25) is 0 Å². The van der Waals surface area contributed by atoms with E-state index in [-0.39, 0.29) is 13.2 Å². The van der Waals surface area contributed by atoms with Gasteiger partial charge in [0.05, 0.1) is 6.61 Å². The quantitative estimate of drug-likeness (QED) is 0.725. The van der Waals surface area contributed by atoms with E-state index in [2.05, 4.69) is 0 Å². The first-order valence-corrected chi connectivity index (χ1v) is 5.87. The molecule has 1 N–H and O–H groups in total. The largest absolute Gasteiger partial charge is 0.480 e. The molecule has 102 valence electrons. The summed E-state index contributed by atoms with van der Waals surface area (Å²) in [5.41, 5.74) is 0. The molecule has 1 saturated heterocycles. The molecule has 2 amide bonds. The molecule has 0 aromatic carbocycles. The summed E-state index contributed by atoms with van der Waals surface area (Å²) in [5, 5.41) is 8.63. The fourth-order valence-corrected chi connectivity index (χ4v) is 1.97. The molecule has 18 heavy (non-hydrogen) atoms. The molecule has 1 atom stereocenters. The van der Waals surface area contributed by atoms with Crippen molar-refractivity contribution in [2.24, 2.45) is 0 Å². The van der Waals surface area contributed by atoms with Crippen molar-refractivity contribution in [1.29, 1.82) is 0 Å². The first-order chi connectivity index (χ1) is 8.47. The standard InChI is InChI=1S/C11H18N2O5/c1-3-18-10(16)8-5-4-6-13(8)11(17)12(2)7-9(14)15/h8H,3-7H2,1-2H3,(H,14,15). The molecule has 0 aromatic heterocycles. The summed E-state index contributed by atoms with van der Waals surface area (Å²) in [5.74, 6) is -1.51. The van der Waals surface area contributed by atoms with E-state index in [0.717, 1.165) is 11.3 Å². The smallest absolute Gasteiger partial charge is 0.328 e. The molecular weight excluding hydrogens is 240 g/mol. The molecule has 1 aliphatic rings. The van der Waals surface area contributed by atoms with Crippen LogP contribution >= 0.6 is 0 Å². The van der Waals surface area contributed by atoms with Crippen LogP contribution in [0.15, 0.2) is 0 Å². The Labute approximate surface area is 105 Å². The molecular formula is C11H18N2O5. The van der Waals surface area contributed by atoms with Crippen molar-refractivity contribution < 1.29 is 24.2 Å². The fraction of sp³-hybridized carbons (Fsp3) is 0.727. The van der Waals surface area contributed by atoms with Gasteiger partial charge in [-0.1, -0.05) is 0 Å². The van der Waals surface area contributed by atoms with E-state index < -0.39 is 24.0 Å². The molecule has 0 aliphatic carbocycles. The topological polar surface area (TPSA) is 87.2 Å². The number of carbonyl (C=O) groups is 3. The molecule has 1 fully saturated rings. The third kappa shape index (κ3) is 3.35. The highest BCUT2D eigenvalue weighted by Crippen LogP contribution is 2.19. The number of carboxylic acids is 1. The fourth-order valence-electron chi connectivity index (χ4n) is 1.97. The summed E-state index contributed by atoms with van der Waals surface area (Å²) < 4.78 is 4.90. The lowest BCUT2D eigenvalue weighted by atomic mass is 10.2. The third-order valence-corrected chi connectivity index (χ3v) is 2.76. The van der Waals surface area contributed by atoms with Crippen LogP contribution in [0.5, 0.6) is 0 Å². The number of aliphatic carboxylic acids is 1. The second-order valence-corrected chi connectivity index (χ2v) is 4.14. The maximum absolute atomic E-state index is 12.0. The zero-order valence-electron chi connectivity index (χ0n) is 10.6. The Kier molecular flexibility index (Phi) is 4.94. The molecule has 0 bridgehead atoms. The van der Waals surface area contributed by atoms with Crippen molar-refractivity contribution in [1.82, 2.24) is 9.80 Å². The van der Waals surface area contributed by atoms with Crippen molar-refractivity contribution in [3.8, 4) is 0 Å². The van der Waals surface area contributed by atoms with E-state index in [4.69, 9.17) is 9.84 Å². The Morgan fingerprint density at radius 1 is 1.44 bits per heavy atom. The van der Waals surface area contributed by atoms with Gasteiger partial charge in [-0.15, -0.1) is 0 Å². The normalized spacial score (nSPS) is 18.6. The van der Waals surface area contributed by atoms with Crippen molar-refractivity contribution in [2.75, 3.05) is 26.7 Å². The molecule has 1 rings (SSSR count). The summed E-state index contributed by atoms with van der Waals surface area (Å²) in [6.07, 6.45) is 1.28. The van der Waals surface area contributed by atoms with E-state index in [1.807, 2.05) is 0 Å². The van der Waals surface area contributed by atoms with Crippen LogP contribution in [-0.4, -0.2) is 65.7 Å². The average Bonchev–Trinajstić information content (AvgIpc) is 2.76. The molecule has 7 heteroatoms. The Morgan fingerprint density at radius 3 is 2.67 bits per heavy atom. The van der Waals surface area contributed by atoms with Gasteiger partial charge < -0.3 is 19.6 Å². The van der Waals surface area contributed by atoms with Crippen molar-refractivity contribution in [2.45, 2.75) is 25.8 Å². The first-order valence-electron chi connectivity index (χ1n) is 5.87. The summed E-state index contributed by atoms with van der Waals surface area (Å²) in [4.78, 5) is 36.6. The van der Waals surface area contributed by atoms with Gasteiger partial charge in [-0.25, -0.2) is 9.59 Å². The van der Waals surface area contributed by atoms with Crippen LogP contribution in [0.25, 0.3) is 0 Å². The maximum Gasteiger partial charge on any atom is 0.328 e. The Bertz CT molecular complexity index is 344. The van der Waals surface area contributed by atoms with Crippen LogP contribution in [0, 0.1) is 0 Å².